The molecule has 0 radical (unpaired) electrons. The minimum absolute atomic E-state index is 0.0802. The summed E-state index contributed by atoms with van der Waals surface area (Å²) >= 11 is 0. The monoisotopic (exact) mass is 392 g/mol. The van der Waals surface area contributed by atoms with Crippen molar-refractivity contribution in [2.45, 2.75) is 18.2 Å². The molecule has 2 N–H and O–H groups in total. The van der Waals surface area contributed by atoms with Gasteiger partial charge in [-0.15, -0.1) is 0 Å². The zero-order valence-corrected chi connectivity index (χ0v) is 15.9. The van der Waals surface area contributed by atoms with E-state index < -0.39 is 16.0 Å². The number of methoxy groups -OCH3 is 2. The van der Waals surface area contributed by atoms with E-state index in [1.165, 1.54) is 44.6 Å². The van der Waals surface area contributed by atoms with Crippen molar-refractivity contribution in [3.8, 4) is 5.75 Å². The number of anilines is 2. The van der Waals surface area contributed by atoms with Gasteiger partial charge in [0.1, 0.15) is 5.75 Å². The molecule has 0 heterocycles. The molecule has 0 aromatic heterocycles. The van der Waals surface area contributed by atoms with Gasteiger partial charge in [0, 0.05) is 6.42 Å². The zero-order valence-electron chi connectivity index (χ0n) is 15.1. The van der Waals surface area contributed by atoms with E-state index in [2.05, 4.69) is 14.8 Å². The van der Waals surface area contributed by atoms with Gasteiger partial charge in [-0.05, 0) is 30.3 Å². The number of rotatable bonds is 7. The standard InChI is InChI=1S/C18H20N2O6S/c1-4-17(21)19-15-11-12(9-10-16(15)25-2)27(23,24)20-14-8-6-5-7-13(14)18(22)26-3/h5-11,20H,4H2,1-3H3,(H,19,21). The van der Waals surface area contributed by atoms with Crippen LogP contribution in [-0.2, 0) is 19.6 Å². The van der Waals surface area contributed by atoms with E-state index in [4.69, 9.17) is 4.74 Å². The first kappa shape index (κ1) is 20.2. The Morgan fingerprint density at radius 3 is 2.37 bits per heavy atom. The van der Waals surface area contributed by atoms with Crippen molar-refractivity contribution in [1.82, 2.24) is 0 Å². The molecule has 0 saturated carbocycles. The summed E-state index contributed by atoms with van der Waals surface area (Å²) in [5.74, 6) is -0.628. The van der Waals surface area contributed by atoms with Crippen LogP contribution < -0.4 is 14.8 Å². The van der Waals surface area contributed by atoms with Gasteiger partial charge in [-0.3, -0.25) is 9.52 Å². The molecule has 0 saturated heterocycles. The molecule has 2 aromatic rings. The molecule has 0 unspecified atom stereocenters. The first-order valence-corrected chi connectivity index (χ1v) is 9.48. The molecule has 0 bridgehead atoms. The fourth-order valence-electron chi connectivity index (χ4n) is 2.25. The Balaban J connectivity index is 2.41. The topological polar surface area (TPSA) is 111 Å². The third-order valence-electron chi connectivity index (χ3n) is 3.65. The molecule has 2 rings (SSSR count). The highest BCUT2D eigenvalue weighted by molar-refractivity contribution is 7.92. The van der Waals surface area contributed by atoms with Gasteiger partial charge in [0.25, 0.3) is 10.0 Å². The average molecular weight is 392 g/mol. The van der Waals surface area contributed by atoms with Crippen LogP contribution in [0.1, 0.15) is 23.7 Å². The number of benzene rings is 2. The molecule has 0 fully saturated rings. The predicted octanol–water partition coefficient (Wildman–Crippen LogP) is 2.63. The summed E-state index contributed by atoms with van der Waals surface area (Å²) in [5, 5.41) is 2.60. The fourth-order valence-corrected chi connectivity index (χ4v) is 3.36. The first-order chi connectivity index (χ1) is 12.8. The SMILES string of the molecule is CCC(=O)Nc1cc(S(=O)(=O)Nc2ccccc2C(=O)OC)ccc1OC. The first-order valence-electron chi connectivity index (χ1n) is 8.00. The van der Waals surface area contributed by atoms with Crippen molar-refractivity contribution in [3.05, 3.63) is 48.0 Å². The van der Waals surface area contributed by atoms with E-state index in [1.54, 1.807) is 19.1 Å². The number of carbonyl (C=O) groups is 2. The average Bonchev–Trinajstić information content (AvgIpc) is 2.67. The Morgan fingerprint density at radius 1 is 1.04 bits per heavy atom. The van der Waals surface area contributed by atoms with Crippen molar-refractivity contribution in [1.29, 1.82) is 0 Å². The van der Waals surface area contributed by atoms with Crippen LogP contribution in [0, 0.1) is 0 Å². The molecular weight excluding hydrogens is 372 g/mol. The van der Waals surface area contributed by atoms with Crippen LogP contribution in [0.15, 0.2) is 47.4 Å². The van der Waals surface area contributed by atoms with Crippen LogP contribution >= 0.6 is 0 Å². The Labute approximate surface area is 157 Å². The van der Waals surface area contributed by atoms with Gasteiger partial charge in [-0.1, -0.05) is 19.1 Å². The van der Waals surface area contributed by atoms with Crippen LogP contribution in [0.5, 0.6) is 5.75 Å². The van der Waals surface area contributed by atoms with E-state index in [1.807, 2.05) is 0 Å². The summed E-state index contributed by atoms with van der Waals surface area (Å²) in [6.07, 6.45) is 0.227. The molecular formula is C18H20N2O6S. The summed E-state index contributed by atoms with van der Waals surface area (Å²) in [7, 11) is -1.41. The summed E-state index contributed by atoms with van der Waals surface area (Å²) in [6, 6.07) is 10.1. The Kier molecular flexibility index (Phi) is 6.40. The lowest BCUT2D eigenvalue weighted by Crippen LogP contribution is -2.17. The molecule has 0 aliphatic heterocycles. The van der Waals surface area contributed by atoms with Crippen molar-refractivity contribution < 1.29 is 27.5 Å². The normalized spacial score (nSPS) is 10.8. The van der Waals surface area contributed by atoms with Gasteiger partial charge in [0.15, 0.2) is 0 Å². The molecule has 1 amide bonds. The van der Waals surface area contributed by atoms with Crippen LogP contribution in [0.3, 0.4) is 0 Å². The molecule has 0 spiro atoms. The maximum absolute atomic E-state index is 12.8. The lowest BCUT2D eigenvalue weighted by molar-refractivity contribution is -0.115. The Hall–Kier alpha value is -3.07. The fraction of sp³-hybridized carbons (Fsp3) is 0.222. The van der Waals surface area contributed by atoms with Crippen LogP contribution in [0.25, 0.3) is 0 Å². The van der Waals surface area contributed by atoms with Crippen molar-refractivity contribution in [2.24, 2.45) is 0 Å². The number of hydrogen-bond acceptors (Lipinski definition) is 6. The van der Waals surface area contributed by atoms with E-state index >= 15 is 0 Å². The number of carbonyl (C=O) groups excluding carboxylic acids is 2. The molecule has 27 heavy (non-hydrogen) atoms. The lowest BCUT2D eigenvalue weighted by Gasteiger charge is -2.14. The second-order valence-corrected chi connectivity index (χ2v) is 7.09. The summed E-state index contributed by atoms with van der Waals surface area (Å²) in [6.45, 7) is 1.67. The van der Waals surface area contributed by atoms with Gasteiger partial charge in [-0.2, -0.15) is 0 Å². The molecule has 144 valence electrons. The second-order valence-electron chi connectivity index (χ2n) is 5.41. The van der Waals surface area contributed by atoms with Gasteiger partial charge in [-0.25, -0.2) is 13.2 Å². The quantitative estimate of drug-likeness (QED) is 0.701. The van der Waals surface area contributed by atoms with Crippen molar-refractivity contribution >= 4 is 33.3 Å². The van der Waals surface area contributed by atoms with Crippen LogP contribution in [0.4, 0.5) is 11.4 Å². The number of esters is 1. The smallest absolute Gasteiger partial charge is 0.339 e. The Bertz CT molecular complexity index is 956. The molecule has 0 aliphatic rings. The largest absolute Gasteiger partial charge is 0.495 e. The van der Waals surface area contributed by atoms with E-state index in [0.29, 0.717) is 5.75 Å². The number of nitrogens with one attached hydrogen (secondary N) is 2. The third-order valence-corrected chi connectivity index (χ3v) is 5.02. The van der Waals surface area contributed by atoms with E-state index in [9.17, 15) is 18.0 Å². The molecule has 0 aliphatic carbocycles. The molecule has 9 heteroatoms. The maximum atomic E-state index is 12.8. The zero-order chi connectivity index (χ0) is 20.0. The Morgan fingerprint density at radius 2 is 1.74 bits per heavy atom. The number of sulfonamides is 1. The molecule has 8 nitrogen and oxygen atoms in total. The third kappa shape index (κ3) is 4.76. The predicted molar refractivity (Wildman–Crippen MR) is 101 cm³/mol. The van der Waals surface area contributed by atoms with Gasteiger partial charge in [0.2, 0.25) is 5.91 Å². The van der Waals surface area contributed by atoms with Crippen molar-refractivity contribution in [2.75, 3.05) is 24.3 Å². The summed E-state index contributed by atoms with van der Waals surface area (Å²) in [5.41, 5.74) is 0.393. The van der Waals surface area contributed by atoms with E-state index in [-0.39, 0.29) is 34.2 Å². The minimum atomic E-state index is -4.03. The lowest BCUT2D eigenvalue weighted by atomic mass is 10.2. The highest BCUT2D eigenvalue weighted by Crippen LogP contribution is 2.29. The number of hydrogen-bond donors (Lipinski definition) is 2. The van der Waals surface area contributed by atoms with Gasteiger partial charge < -0.3 is 14.8 Å². The summed E-state index contributed by atoms with van der Waals surface area (Å²) in [4.78, 5) is 23.4. The van der Waals surface area contributed by atoms with Gasteiger partial charge >= 0.3 is 5.97 Å². The molecule has 2 aromatic carbocycles. The summed E-state index contributed by atoms with van der Waals surface area (Å²) < 4.78 is 37.7. The highest BCUT2D eigenvalue weighted by atomic mass is 32.2. The number of para-hydroxylation sites is 1. The number of amides is 1. The highest BCUT2D eigenvalue weighted by Gasteiger charge is 2.20. The van der Waals surface area contributed by atoms with E-state index in [0.717, 1.165) is 0 Å². The van der Waals surface area contributed by atoms with Crippen molar-refractivity contribution in [3.63, 3.8) is 0 Å². The second kappa shape index (κ2) is 8.54. The maximum Gasteiger partial charge on any atom is 0.339 e. The van der Waals surface area contributed by atoms with Crippen LogP contribution in [0.2, 0.25) is 0 Å². The van der Waals surface area contributed by atoms with Crippen LogP contribution in [-0.4, -0.2) is 34.5 Å². The number of ether oxygens (including phenoxy) is 2. The minimum Gasteiger partial charge on any atom is -0.495 e. The molecule has 0 atom stereocenters. The van der Waals surface area contributed by atoms with Gasteiger partial charge in [0.05, 0.1) is 36.1 Å².